The average Bonchev–Trinajstić information content (AvgIpc) is 3.18. The van der Waals surface area contributed by atoms with Crippen molar-refractivity contribution >= 4 is 34.6 Å². The zero-order chi connectivity index (χ0) is 20.8. The summed E-state index contributed by atoms with van der Waals surface area (Å²) in [5.74, 6) is -0.499. The van der Waals surface area contributed by atoms with Gasteiger partial charge in [0.2, 0.25) is 5.91 Å². The molecule has 4 aromatic rings. The minimum atomic E-state index is -0.356. The average molecular weight is 396 g/mol. The molecule has 0 spiro atoms. The van der Waals surface area contributed by atoms with Gasteiger partial charge in [0.15, 0.2) is 0 Å². The summed E-state index contributed by atoms with van der Waals surface area (Å²) < 4.78 is 0. The number of nitrogens with zero attached hydrogens (tertiary/aromatic N) is 1. The minimum Gasteiger partial charge on any atom is -0.361 e. The van der Waals surface area contributed by atoms with E-state index in [9.17, 15) is 9.59 Å². The number of nitrogens with one attached hydrogen (secondary N) is 3. The first-order valence-corrected chi connectivity index (χ1v) is 9.52. The van der Waals surface area contributed by atoms with Gasteiger partial charge in [-0.05, 0) is 29.8 Å². The van der Waals surface area contributed by atoms with Crippen molar-refractivity contribution in [1.82, 2.24) is 10.4 Å². The van der Waals surface area contributed by atoms with E-state index in [1.165, 1.54) is 0 Å². The van der Waals surface area contributed by atoms with E-state index in [1.54, 1.807) is 30.5 Å². The molecule has 30 heavy (non-hydrogen) atoms. The van der Waals surface area contributed by atoms with Gasteiger partial charge in [0, 0.05) is 33.9 Å². The number of hydrogen-bond acceptors (Lipinski definition) is 3. The molecule has 0 bridgehead atoms. The van der Waals surface area contributed by atoms with Crippen LogP contribution in [0.3, 0.4) is 0 Å². The fraction of sp³-hybridized carbons (Fsp3) is 0.0417. The van der Waals surface area contributed by atoms with E-state index >= 15 is 0 Å². The van der Waals surface area contributed by atoms with Crippen molar-refractivity contribution in [1.29, 1.82) is 0 Å². The first-order chi connectivity index (χ1) is 14.7. The third kappa shape index (κ3) is 4.62. The Bertz CT molecular complexity index is 1210. The van der Waals surface area contributed by atoms with Gasteiger partial charge in [-0.15, -0.1) is 0 Å². The van der Waals surface area contributed by atoms with Gasteiger partial charge in [-0.2, -0.15) is 5.10 Å². The second-order valence-electron chi connectivity index (χ2n) is 6.78. The Kier molecular flexibility index (Phi) is 5.66. The van der Waals surface area contributed by atoms with E-state index in [1.807, 2.05) is 60.8 Å². The summed E-state index contributed by atoms with van der Waals surface area (Å²) >= 11 is 0. The molecule has 0 atom stereocenters. The number of hydrazone groups is 1. The number of aromatic nitrogens is 1. The molecular weight excluding hydrogens is 376 g/mol. The van der Waals surface area contributed by atoms with Gasteiger partial charge in [-0.3, -0.25) is 9.59 Å². The van der Waals surface area contributed by atoms with Gasteiger partial charge in [-0.1, -0.05) is 54.6 Å². The first kappa shape index (κ1) is 19.1. The number of fused-ring (bicyclic) bond motifs is 1. The molecule has 0 aliphatic carbocycles. The topological polar surface area (TPSA) is 86.3 Å². The van der Waals surface area contributed by atoms with Crippen molar-refractivity contribution in [2.24, 2.45) is 5.10 Å². The van der Waals surface area contributed by atoms with Crippen molar-refractivity contribution in [2.45, 2.75) is 6.42 Å². The molecule has 0 fully saturated rings. The summed E-state index contributed by atoms with van der Waals surface area (Å²) in [6, 6.07) is 24.1. The maximum atomic E-state index is 12.4. The number of anilines is 1. The van der Waals surface area contributed by atoms with E-state index in [0.717, 1.165) is 22.0 Å². The maximum absolute atomic E-state index is 12.4. The van der Waals surface area contributed by atoms with Crippen LogP contribution < -0.4 is 10.7 Å². The van der Waals surface area contributed by atoms with E-state index in [-0.39, 0.29) is 18.2 Å². The lowest BCUT2D eigenvalue weighted by molar-refractivity contribution is -0.115. The van der Waals surface area contributed by atoms with Gasteiger partial charge < -0.3 is 10.3 Å². The van der Waals surface area contributed by atoms with Crippen LogP contribution in [0.2, 0.25) is 0 Å². The Morgan fingerprint density at radius 3 is 2.60 bits per heavy atom. The standard InChI is InChI=1S/C24H20N4O2/c29-23(13-17-7-2-1-3-8-17)27-20-10-6-9-18(14-20)24(30)28-26-16-19-15-25-22-12-5-4-11-21(19)22/h1-12,14-16,25H,13H2,(H,27,29)(H,28,30)/b26-16+. The molecule has 0 saturated heterocycles. The number of amides is 2. The van der Waals surface area contributed by atoms with Gasteiger partial charge in [0.05, 0.1) is 12.6 Å². The number of H-pyrrole nitrogens is 1. The Morgan fingerprint density at radius 1 is 0.933 bits per heavy atom. The summed E-state index contributed by atoms with van der Waals surface area (Å²) in [5.41, 5.74) is 6.30. The van der Waals surface area contributed by atoms with Crippen LogP contribution in [-0.2, 0) is 11.2 Å². The fourth-order valence-electron chi connectivity index (χ4n) is 3.15. The lowest BCUT2D eigenvalue weighted by atomic mass is 10.1. The van der Waals surface area contributed by atoms with E-state index < -0.39 is 0 Å². The SMILES string of the molecule is O=C(Cc1ccccc1)Nc1cccc(C(=O)N/N=C/c2c[nH]c3ccccc23)c1. The van der Waals surface area contributed by atoms with Crippen molar-refractivity contribution in [2.75, 3.05) is 5.32 Å². The highest BCUT2D eigenvalue weighted by Gasteiger charge is 2.08. The molecule has 1 aromatic heterocycles. The molecule has 0 aliphatic heterocycles. The molecule has 148 valence electrons. The Balaban J connectivity index is 1.38. The number of hydrogen-bond donors (Lipinski definition) is 3. The third-order valence-corrected chi connectivity index (χ3v) is 4.61. The van der Waals surface area contributed by atoms with Gasteiger partial charge in [0.25, 0.3) is 5.91 Å². The molecule has 1 heterocycles. The van der Waals surface area contributed by atoms with Crippen LogP contribution in [0.15, 0.2) is 90.2 Å². The molecule has 2 amide bonds. The van der Waals surface area contributed by atoms with E-state index in [4.69, 9.17) is 0 Å². The van der Waals surface area contributed by atoms with Crippen LogP contribution in [0.1, 0.15) is 21.5 Å². The number of para-hydroxylation sites is 1. The highest BCUT2D eigenvalue weighted by molar-refractivity contribution is 6.01. The van der Waals surface area contributed by atoms with Crippen LogP contribution in [0, 0.1) is 0 Å². The third-order valence-electron chi connectivity index (χ3n) is 4.61. The second-order valence-corrected chi connectivity index (χ2v) is 6.78. The quantitative estimate of drug-likeness (QED) is 0.338. The second kappa shape index (κ2) is 8.87. The maximum Gasteiger partial charge on any atom is 0.271 e. The van der Waals surface area contributed by atoms with Crippen molar-refractivity contribution < 1.29 is 9.59 Å². The van der Waals surface area contributed by atoms with Crippen LogP contribution in [0.25, 0.3) is 10.9 Å². The van der Waals surface area contributed by atoms with Crippen LogP contribution in [-0.4, -0.2) is 23.0 Å². The van der Waals surface area contributed by atoms with Crippen molar-refractivity contribution in [3.05, 3.63) is 102 Å². The Morgan fingerprint density at radius 2 is 1.73 bits per heavy atom. The summed E-state index contributed by atoms with van der Waals surface area (Å²) in [6.07, 6.45) is 3.71. The van der Waals surface area contributed by atoms with Crippen LogP contribution in [0.5, 0.6) is 0 Å². The zero-order valence-electron chi connectivity index (χ0n) is 16.1. The lowest BCUT2D eigenvalue weighted by Gasteiger charge is -2.07. The first-order valence-electron chi connectivity index (χ1n) is 9.52. The molecule has 0 unspecified atom stereocenters. The molecule has 6 nitrogen and oxygen atoms in total. The highest BCUT2D eigenvalue weighted by atomic mass is 16.2. The summed E-state index contributed by atoms with van der Waals surface area (Å²) in [5, 5.41) is 7.90. The minimum absolute atomic E-state index is 0.142. The van der Waals surface area contributed by atoms with Gasteiger partial charge in [-0.25, -0.2) is 5.43 Å². The fourth-order valence-corrected chi connectivity index (χ4v) is 3.15. The zero-order valence-corrected chi connectivity index (χ0v) is 16.1. The van der Waals surface area contributed by atoms with Crippen LogP contribution >= 0.6 is 0 Å². The monoisotopic (exact) mass is 396 g/mol. The lowest BCUT2D eigenvalue weighted by Crippen LogP contribution is -2.18. The number of carbonyl (C=O) groups is 2. The molecule has 3 aromatic carbocycles. The molecule has 3 N–H and O–H groups in total. The molecule has 6 heteroatoms. The summed E-state index contributed by atoms with van der Waals surface area (Å²) in [7, 11) is 0. The summed E-state index contributed by atoms with van der Waals surface area (Å²) in [6.45, 7) is 0. The van der Waals surface area contributed by atoms with Gasteiger partial charge >= 0.3 is 0 Å². The highest BCUT2D eigenvalue weighted by Crippen LogP contribution is 2.16. The van der Waals surface area contributed by atoms with Crippen molar-refractivity contribution in [3.8, 4) is 0 Å². The Hall–Kier alpha value is -4.19. The van der Waals surface area contributed by atoms with Gasteiger partial charge in [0.1, 0.15) is 0 Å². The molecule has 0 radical (unpaired) electrons. The molecule has 0 saturated carbocycles. The number of benzene rings is 3. The smallest absolute Gasteiger partial charge is 0.271 e. The number of carbonyl (C=O) groups excluding carboxylic acids is 2. The molecular formula is C24H20N4O2. The van der Waals surface area contributed by atoms with E-state index in [0.29, 0.717) is 11.3 Å². The number of rotatable bonds is 6. The number of aromatic amines is 1. The predicted molar refractivity (Wildman–Crippen MR) is 119 cm³/mol. The Labute approximate surface area is 173 Å². The normalized spacial score (nSPS) is 10.9. The largest absolute Gasteiger partial charge is 0.361 e. The van der Waals surface area contributed by atoms with Crippen molar-refractivity contribution in [3.63, 3.8) is 0 Å². The molecule has 0 aliphatic rings. The predicted octanol–water partition coefficient (Wildman–Crippen LogP) is 4.11. The van der Waals surface area contributed by atoms with E-state index in [2.05, 4.69) is 20.8 Å². The van der Waals surface area contributed by atoms with Crippen LogP contribution in [0.4, 0.5) is 5.69 Å². The molecule has 4 rings (SSSR count). The summed E-state index contributed by atoms with van der Waals surface area (Å²) in [4.78, 5) is 27.8.